The topological polar surface area (TPSA) is 226 Å². The zero-order valence-electron chi connectivity index (χ0n) is 25.1. The van der Waals surface area contributed by atoms with Crippen molar-refractivity contribution in [2.24, 2.45) is 5.73 Å². The summed E-state index contributed by atoms with van der Waals surface area (Å²) >= 11 is 0. The van der Waals surface area contributed by atoms with Gasteiger partial charge in [-0.25, -0.2) is 0 Å². The third-order valence-electron chi connectivity index (χ3n) is 7.05. The average Bonchev–Trinajstić information content (AvgIpc) is 2.97. The number of fused-ring (bicyclic) bond motifs is 1. The van der Waals surface area contributed by atoms with Crippen molar-refractivity contribution in [3.05, 3.63) is 48.0 Å². The summed E-state index contributed by atoms with van der Waals surface area (Å²) in [5.74, 6) is -5.59. The maximum Gasteiger partial charge on any atom is 0.303 e. The molecule has 0 radical (unpaired) electrons. The number of aliphatic carboxylic acids is 1. The van der Waals surface area contributed by atoms with Crippen molar-refractivity contribution < 1.29 is 38.7 Å². The van der Waals surface area contributed by atoms with E-state index < -0.39 is 78.6 Å². The maximum absolute atomic E-state index is 13.5. The van der Waals surface area contributed by atoms with Crippen LogP contribution in [0, 0.1) is 0 Å². The molecule has 14 heteroatoms. The number of rotatable bonds is 17. The van der Waals surface area contributed by atoms with Crippen molar-refractivity contribution in [3.8, 4) is 0 Å². The van der Waals surface area contributed by atoms with E-state index >= 15 is 0 Å². The zero-order valence-corrected chi connectivity index (χ0v) is 25.1. The number of amides is 5. The normalized spacial score (nSPS) is 14.3. The number of primary amides is 1. The van der Waals surface area contributed by atoms with Crippen LogP contribution in [0.3, 0.4) is 0 Å². The van der Waals surface area contributed by atoms with Crippen molar-refractivity contribution in [3.63, 3.8) is 0 Å². The van der Waals surface area contributed by atoms with Gasteiger partial charge in [-0.1, -0.05) is 42.5 Å². The molecule has 5 amide bonds. The van der Waals surface area contributed by atoms with Gasteiger partial charge >= 0.3 is 5.97 Å². The summed E-state index contributed by atoms with van der Waals surface area (Å²) < 4.78 is 0. The van der Waals surface area contributed by atoms with Crippen LogP contribution in [-0.4, -0.2) is 83.7 Å². The Morgan fingerprint density at radius 3 is 1.93 bits per heavy atom. The first-order chi connectivity index (χ1) is 20.7. The standard InChI is InChI=1S/C30H40N6O8/c1-16(18(3)37)33-29(43)23(14-20-10-7-9-19-8-5-6-11-21(19)20)36-28(42)22(12-13-26(39)40)34-30(44)24(15-25(31)38)35-27(41)17(2)32-4/h5-11,16-17,22-24,32H,12-15H2,1-4H3,(H2,31,38)(H,33,43)(H,34,44)(H,35,41)(H,36,42)(H,39,40)/t16-,17-,22+,23+,24+/m1/s1. The lowest BCUT2D eigenvalue weighted by molar-refractivity contribution is -0.138. The van der Waals surface area contributed by atoms with Gasteiger partial charge < -0.3 is 37.4 Å². The molecule has 0 aliphatic heterocycles. The van der Waals surface area contributed by atoms with E-state index in [1.54, 1.807) is 12.1 Å². The molecule has 238 valence electrons. The molecule has 2 aromatic carbocycles. The molecule has 8 N–H and O–H groups in total. The number of nitrogens with two attached hydrogens (primary N) is 1. The molecular weight excluding hydrogens is 572 g/mol. The summed E-state index contributed by atoms with van der Waals surface area (Å²) in [6.07, 6.45) is -1.48. The second kappa shape index (κ2) is 16.7. The molecule has 0 fully saturated rings. The molecule has 14 nitrogen and oxygen atoms in total. The van der Waals surface area contributed by atoms with Gasteiger partial charge in [0, 0.05) is 12.8 Å². The number of carboxylic acid groups (broad SMARTS) is 1. The van der Waals surface area contributed by atoms with Gasteiger partial charge in [0.05, 0.1) is 18.5 Å². The lowest BCUT2D eigenvalue weighted by Crippen LogP contribution is -2.59. The van der Waals surface area contributed by atoms with Crippen molar-refractivity contribution in [1.82, 2.24) is 26.6 Å². The monoisotopic (exact) mass is 612 g/mol. The van der Waals surface area contributed by atoms with E-state index in [1.165, 1.54) is 27.8 Å². The smallest absolute Gasteiger partial charge is 0.303 e. The lowest BCUT2D eigenvalue weighted by atomic mass is 9.97. The molecule has 2 aromatic rings. The Morgan fingerprint density at radius 2 is 1.32 bits per heavy atom. The highest BCUT2D eigenvalue weighted by atomic mass is 16.4. The number of carbonyl (C=O) groups excluding carboxylic acids is 6. The molecular formula is C30H40N6O8. The van der Waals surface area contributed by atoms with Crippen LogP contribution in [0.2, 0.25) is 0 Å². The summed E-state index contributed by atoms with van der Waals surface area (Å²) in [7, 11) is 1.52. The van der Waals surface area contributed by atoms with Gasteiger partial charge in [-0.05, 0) is 50.6 Å². The summed E-state index contributed by atoms with van der Waals surface area (Å²) in [6.45, 7) is 4.32. The van der Waals surface area contributed by atoms with Gasteiger partial charge in [0.1, 0.15) is 18.1 Å². The van der Waals surface area contributed by atoms with E-state index in [0.717, 1.165) is 10.8 Å². The highest BCUT2D eigenvalue weighted by Gasteiger charge is 2.32. The number of hydrogen-bond donors (Lipinski definition) is 7. The molecule has 0 aliphatic rings. The second-order valence-electron chi connectivity index (χ2n) is 10.5. The number of carboxylic acids is 1. The Morgan fingerprint density at radius 1 is 0.750 bits per heavy atom. The fourth-order valence-electron chi connectivity index (χ4n) is 4.23. The van der Waals surface area contributed by atoms with Crippen LogP contribution in [0.4, 0.5) is 0 Å². The number of nitrogens with one attached hydrogen (secondary N) is 5. The minimum Gasteiger partial charge on any atom is -0.481 e. The predicted octanol–water partition coefficient (Wildman–Crippen LogP) is -0.721. The molecule has 0 bridgehead atoms. The zero-order chi connectivity index (χ0) is 33.0. The van der Waals surface area contributed by atoms with E-state index in [1.807, 2.05) is 30.3 Å². The second-order valence-corrected chi connectivity index (χ2v) is 10.5. The Hall–Kier alpha value is -4.85. The van der Waals surface area contributed by atoms with Crippen molar-refractivity contribution in [2.75, 3.05) is 7.05 Å². The van der Waals surface area contributed by atoms with Gasteiger partial charge in [-0.2, -0.15) is 0 Å². The summed E-state index contributed by atoms with van der Waals surface area (Å²) in [5, 5.41) is 23.6. The first-order valence-corrected chi connectivity index (χ1v) is 14.1. The van der Waals surface area contributed by atoms with Crippen LogP contribution in [-0.2, 0) is 40.0 Å². The first kappa shape index (κ1) is 35.3. The SMILES string of the molecule is CN[C@H](C)C(=O)N[C@@H](CC(N)=O)C(=O)N[C@@H](CCC(=O)O)C(=O)N[C@@H](Cc1cccc2ccccc12)C(=O)N[C@H](C)C(C)=O. The van der Waals surface area contributed by atoms with Gasteiger partial charge in [-0.3, -0.25) is 33.6 Å². The molecule has 0 aliphatic carbocycles. The van der Waals surface area contributed by atoms with Crippen LogP contribution in [0.15, 0.2) is 42.5 Å². The molecule has 44 heavy (non-hydrogen) atoms. The molecule has 5 atom stereocenters. The molecule has 0 aromatic heterocycles. The van der Waals surface area contributed by atoms with Crippen LogP contribution in [0.25, 0.3) is 10.8 Å². The molecule has 0 spiro atoms. The minimum absolute atomic E-state index is 0.00537. The molecule has 0 saturated carbocycles. The fourth-order valence-corrected chi connectivity index (χ4v) is 4.23. The molecule has 2 rings (SSSR count). The molecule has 0 heterocycles. The number of carbonyl (C=O) groups is 7. The number of hydrogen-bond acceptors (Lipinski definition) is 8. The Kier molecular flexibility index (Phi) is 13.4. The first-order valence-electron chi connectivity index (χ1n) is 14.1. The van der Waals surface area contributed by atoms with E-state index in [2.05, 4.69) is 26.6 Å². The van der Waals surface area contributed by atoms with Gasteiger partial charge in [0.15, 0.2) is 5.78 Å². The third kappa shape index (κ3) is 10.8. The minimum atomic E-state index is -1.47. The fraction of sp³-hybridized carbons (Fsp3) is 0.433. The van der Waals surface area contributed by atoms with Crippen LogP contribution in [0.1, 0.15) is 45.6 Å². The van der Waals surface area contributed by atoms with E-state index in [-0.39, 0.29) is 18.6 Å². The van der Waals surface area contributed by atoms with E-state index in [4.69, 9.17) is 5.73 Å². The Balaban J connectivity index is 2.38. The number of likely N-dealkylation sites (N-methyl/N-ethyl adjacent to an activating group) is 1. The third-order valence-corrected chi connectivity index (χ3v) is 7.05. The summed E-state index contributed by atoms with van der Waals surface area (Å²) in [5.41, 5.74) is 5.98. The summed E-state index contributed by atoms with van der Waals surface area (Å²) in [6, 6.07) is 7.17. The van der Waals surface area contributed by atoms with E-state index in [0.29, 0.717) is 5.56 Å². The highest BCUT2D eigenvalue weighted by Crippen LogP contribution is 2.20. The largest absolute Gasteiger partial charge is 0.481 e. The quantitative estimate of drug-likeness (QED) is 0.119. The average molecular weight is 613 g/mol. The van der Waals surface area contributed by atoms with Crippen molar-refractivity contribution in [2.45, 2.75) is 76.7 Å². The van der Waals surface area contributed by atoms with Gasteiger partial charge in [0.25, 0.3) is 0 Å². The Labute approximate surface area is 254 Å². The number of ketones is 1. The van der Waals surface area contributed by atoms with Gasteiger partial charge in [-0.15, -0.1) is 0 Å². The van der Waals surface area contributed by atoms with Crippen LogP contribution in [0.5, 0.6) is 0 Å². The maximum atomic E-state index is 13.5. The number of benzene rings is 2. The molecule has 0 saturated heterocycles. The van der Waals surface area contributed by atoms with Crippen LogP contribution < -0.4 is 32.3 Å². The van der Waals surface area contributed by atoms with Crippen LogP contribution >= 0.6 is 0 Å². The predicted molar refractivity (Wildman–Crippen MR) is 161 cm³/mol. The highest BCUT2D eigenvalue weighted by molar-refractivity contribution is 5.97. The van der Waals surface area contributed by atoms with E-state index in [9.17, 15) is 38.7 Å². The number of Topliss-reactive ketones (excluding diaryl/α,β-unsaturated/α-hetero) is 1. The van der Waals surface area contributed by atoms with Crippen molar-refractivity contribution >= 4 is 52.1 Å². The summed E-state index contributed by atoms with van der Waals surface area (Å²) in [4.78, 5) is 87.3. The lowest BCUT2D eigenvalue weighted by Gasteiger charge is -2.26. The van der Waals surface area contributed by atoms with Gasteiger partial charge in [0.2, 0.25) is 29.5 Å². The van der Waals surface area contributed by atoms with Crippen molar-refractivity contribution in [1.29, 1.82) is 0 Å². The Bertz CT molecular complexity index is 1390. The molecule has 0 unspecified atom stereocenters.